The maximum atomic E-state index is 4.50. The molecule has 62 valence electrons. The summed E-state index contributed by atoms with van der Waals surface area (Å²) in [5, 5.41) is 3.36. The Bertz CT molecular complexity index is 170. The molecule has 0 bridgehead atoms. The largest absolute Gasteiger partial charge is 0.361 e. The second kappa shape index (κ2) is 2.81. The molecule has 0 aromatic rings. The van der Waals surface area contributed by atoms with E-state index < -0.39 is 0 Å². The molecule has 11 heavy (non-hydrogen) atoms. The first kappa shape index (κ1) is 7.10. The monoisotopic (exact) mass is 153 g/mol. The van der Waals surface area contributed by atoms with Gasteiger partial charge in [0.25, 0.3) is 0 Å². The molecule has 1 unspecified atom stereocenters. The van der Waals surface area contributed by atoms with E-state index in [1.165, 1.54) is 12.3 Å². The summed E-state index contributed by atoms with van der Waals surface area (Å²) in [6.45, 7) is 4.41. The highest BCUT2D eigenvalue weighted by Gasteiger charge is 2.25. The third-order valence-electron chi connectivity index (χ3n) is 2.53. The van der Waals surface area contributed by atoms with Gasteiger partial charge in [-0.3, -0.25) is 4.99 Å². The van der Waals surface area contributed by atoms with Gasteiger partial charge in [-0.05, 0) is 13.0 Å². The lowest BCUT2D eigenvalue weighted by molar-refractivity contribution is 0.520. The van der Waals surface area contributed by atoms with Crippen LogP contribution < -0.4 is 5.32 Å². The van der Waals surface area contributed by atoms with Gasteiger partial charge in [0.15, 0.2) is 0 Å². The highest BCUT2D eigenvalue weighted by Crippen LogP contribution is 2.14. The topological polar surface area (TPSA) is 27.6 Å². The predicted molar refractivity (Wildman–Crippen MR) is 45.9 cm³/mol. The Balaban J connectivity index is 2.02. The molecule has 1 atom stereocenters. The zero-order valence-corrected chi connectivity index (χ0v) is 7.01. The Kier molecular flexibility index (Phi) is 1.82. The molecule has 0 radical (unpaired) electrons. The number of nitrogens with one attached hydrogen (secondary N) is 1. The zero-order chi connectivity index (χ0) is 7.68. The Morgan fingerprint density at radius 2 is 2.55 bits per heavy atom. The van der Waals surface area contributed by atoms with Crippen LogP contribution >= 0.6 is 0 Å². The fraction of sp³-hybridized carbons (Fsp3) is 0.875. The van der Waals surface area contributed by atoms with Crippen molar-refractivity contribution >= 4 is 5.84 Å². The van der Waals surface area contributed by atoms with Gasteiger partial charge in [-0.2, -0.15) is 0 Å². The fourth-order valence-corrected chi connectivity index (χ4v) is 1.87. The van der Waals surface area contributed by atoms with E-state index in [1.807, 2.05) is 0 Å². The average Bonchev–Trinajstić information content (AvgIpc) is 2.55. The van der Waals surface area contributed by atoms with Crippen LogP contribution in [0.3, 0.4) is 0 Å². The summed E-state index contributed by atoms with van der Waals surface area (Å²) in [6.07, 6.45) is 1.27. The number of hydrogen-bond acceptors (Lipinski definition) is 3. The summed E-state index contributed by atoms with van der Waals surface area (Å²) in [7, 11) is 2.14. The number of aliphatic imine (C=N–C) groups is 1. The number of rotatable bonds is 1. The van der Waals surface area contributed by atoms with Crippen molar-refractivity contribution in [2.75, 3.05) is 33.2 Å². The zero-order valence-electron chi connectivity index (χ0n) is 7.01. The van der Waals surface area contributed by atoms with Gasteiger partial charge < -0.3 is 10.2 Å². The molecule has 0 aromatic heterocycles. The number of nitrogens with zero attached hydrogens (tertiary/aromatic N) is 2. The summed E-state index contributed by atoms with van der Waals surface area (Å²) in [4.78, 5) is 6.79. The first-order valence-electron chi connectivity index (χ1n) is 4.34. The molecule has 0 amide bonds. The predicted octanol–water partition coefficient (Wildman–Crippen LogP) is -0.0602. The molecule has 0 spiro atoms. The van der Waals surface area contributed by atoms with E-state index in [0.717, 1.165) is 26.2 Å². The summed E-state index contributed by atoms with van der Waals surface area (Å²) in [5.41, 5.74) is 0. The van der Waals surface area contributed by atoms with Crippen LogP contribution in [0.2, 0.25) is 0 Å². The highest BCUT2D eigenvalue weighted by atomic mass is 15.2. The molecule has 2 aliphatic rings. The lowest BCUT2D eigenvalue weighted by atomic mass is 10.1. The molecule has 0 aliphatic carbocycles. The van der Waals surface area contributed by atoms with Gasteiger partial charge in [0.05, 0.1) is 6.54 Å². The van der Waals surface area contributed by atoms with Gasteiger partial charge in [-0.15, -0.1) is 0 Å². The fourth-order valence-electron chi connectivity index (χ4n) is 1.87. The highest BCUT2D eigenvalue weighted by molar-refractivity contribution is 5.86. The van der Waals surface area contributed by atoms with Crippen LogP contribution in [0.15, 0.2) is 4.99 Å². The standard InChI is InChI=1S/C8H15N3/c1-11-5-4-10-8(11)7-2-3-9-6-7/h7,9H,2-6H2,1H3. The smallest absolute Gasteiger partial charge is 0.103 e. The van der Waals surface area contributed by atoms with E-state index in [4.69, 9.17) is 0 Å². The van der Waals surface area contributed by atoms with Crippen molar-refractivity contribution in [3.05, 3.63) is 0 Å². The third kappa shape index (κ3) is 1.25. The average molecular weight is 153 g/mol. The molecule has 0 aromatic carbocycles. The Morgan fingerprint density at radius 1 is 1.64 bits per heavy atom. The third-order valence-corrected chi connectivity index (χ3v) is 2.53. The van der Waals surface area contributed by atoms with E-state index in [2.05, 4.69) is 22.3 Å². The summed E-state index contributed by atoms with van der Waals surface area (Å²) in [6, 6.07) is 0. The molecule has 2 rings (SSSR count). The lowest BCUT2D eigenvalue weighted by Gasteiger charge is -2.18. The minimum atomic E-state index is 0.697. The van der Waals surface area contributed by atoms with Crippen molar-refractivity contribution in [2.45, 2.75) is 6.42 Å². The summed E-state index contributed by atoms with van der Waals surface area (Å²) in [5.74, 6) is 2.03. The van der Waals surface area contributed by atoms with Crippen molar-refractivity contribution in [2.24, 2.45) is 10.9 Å². The van der Waals surface area contributed by atoms with Crippen molar-refractivity contribution in [3.8, 4) is 0 Å². The van der Waals surface area contributed by atoms with Crippen molar-refractivity contribution in [3.63, 3.8) is 0 Å². The molecule has 2 aliphatic heterocycles. The molecular weight excluding hydrogens is 138 g/mol. The second-order valence-corrected chi connectivity index (χ2v) is 3.35. The van der Waals surface area contributed by atoms with E-state index >= 15 is 0 Å². The maximum absolute atomic E-state index is 4.50. The van der Waals surface area contributed by atoms with Crippen LogP contribution in [0.5, 0.6) is 0 Å². The minimum Gasteiger partial charge on any atom is -0.361 e. The van der Waals surface area contributed by atoms with Crippen molar-refractivity contribution < 1.29 is 0 Å². The van der Waals surface area contributed by atoms with E-state index in [0.29, 0.717) is 5.92 Å². The van der Waals surface area contributed by atoms with E-state index in [1.54, 1.807) is 0 Å². The number of hydrogen-bond donors (Lipinski definition) is 1. The van der Waals surface area contributed by atoms with Crippen LogP contribution in [-0.4, -0.2) is 44.0 Å². The van der Waals surface area contributed by atoms with Crippen LogP contribution in [-0.2, 0) is 0 Å². The minimum absolute atomic E-state index is 0.697. The van der Waals surface area contributed by atoms with Gasteiger partial charge in [0, 0.05) is 26.1 Å². The molecule has 1 N–H and O–H groups in total. The van der Waals surface area contributed by atoms with Gasteiger partial charge >= 0.3 is 0 Å². The first-order valence-corrected chi connectivity index (χ1v) is 4.34. The Hall–Kier alpha value is -0.570. The van der Waals surface area contributed by atoms with Crippen LogP contribution in [0, 0.1) is 5.92 Å². The Labute approximate surface area is 67.5 Å². The normalized spacial score (nSPS) is 31.2. The molecule has 0 saturated carbocycles. The maximum Gasteiger partial charge on any atom is 0.103 e. The molecule has 1 fully saturated rings. The molecule has 2 heterocycles. The van der Waals surface area contributed by atoms with Gasteiger partial charge in [-0.25, -0.2) is 0 Å². The first-order chi connectivity index (χ1) is 5.38. The van der Waals surface area contributed by atoms with Crippen LogP contribution in [0.4, 0.5) is 0 Å². The Morgan fingerprint density at radius 3 is 3.09 bits per heavy atom. The number of likely N-dealkylation sites (N-methyl/N-ethyl adjacent to an activating group) is 1. The molecule has 3 nitrogen and oxygen atoms in total. The lowest BCUT2D eigenvalue weighted by Crippen LogP contribution is -2.30. The molecular formula is C8H15N3. The van der Waals surface area contributed by atoms with E-state index in [9.17, 15) is 0 Å². The second-order valence-electron chi connectivity index (χ2n) is 3.35. The van der Waals surface area contributed by atoms with Gasteiger partial charge in [0.2, 0.25) is 0 Å². The van der Waals surface area contributed by atoms with Gasteiger partial charge in [-0.1, -0.05) is 0 Å². The van der Waals surface area contributed by atoms with Gasteiger partial charge in [0.1, 0.15) is 5.84 Å². The molecule has 3 heteroatoms. The molecule has 1 saturated heterocycles. The quantitative estimate of drug-likeness (QED) is 0.571. The van der Waals surface area contributed by atoms with Crippen molar-refractivity contribution in [1.29, 1.82) is 0 Å². The number of amidine groups is 1. The summed E-state index contributed by atoms with van der Waals surface area (Å²) >= 11 is 0. The van der Waals surface area contributed by atoms with Crippen molar-refractivity contribution in [1.82, 2.24) is 10.2 Å². The summed E-state index contributed by atoms with van der Waals surface area (Å²) < 4.78 is 0. The van der Waals surface area contributed by atoms with E-state index in [-0.39, 0.29) is 0 Å². The van der Waals surface area contributed by atoms with Crippen LogP contribution in [0.1, 0.15) is 6.42 Å². The van der Waals surface area contributed by atoms with Crippen LogP contribution in [0.25, 0.3) is 0 Å². The SMILES string of the molecule is CN1CCN=C1C1CCNC1.